The van der Waals surface area contributed by atoms with E-state index in [1.165, 1.54) is 0 Å². The fraction of sp³-hybridized carbons (Fsp3) is 0.727. The molecule has 5 heteroatoms. The van der Waals surface area contributed by atoms with Crippen molar-refractivity contribution in [1.29, 1.82) is 0 Å². The topological polar surface area (TPSA) is 67.3 Å². The highest BCUT2D eigenvalue weighted by Crippen LogP contribution is 2.26. The van der Waals surface area contributed by atoms with Gasteiger partial charge >= 0.3 is 0 Å². The molecule has 0 bridgehead atoms. The van der Waals surface area contributed by atoms with Crippen LogP contribution in [-0.4, -0.2) is 34.6 Å². The number of aliphatic hydroxyl groups excluding tert-OH is 1. The minimum absolute atomic E-state index is 0.127. The van der Waals surface area contributed by atoms with Crippen LogP contribution in [0.4, 0.5) is 11.5 Å². The fourth-order valence-electron chi connectivity index (χ4n) is 1.92. The first-order valence-corrected chi connectivity index (χ1v) is 5.82. The summed E-state index contributed by atoms with van der Waals surface area (Å²) < 4.78 is 1.81. The SMILES string of the molecule is CCCc1nn(C)c(N(CC)CCO)c1N. The van der Waals surface area contributed by atoms with Gasteiger partial charge in [-0.1, -0.05) is 13.3 Å². The largest absolute Gasteiger partial charge is 0.395 e. The van der Waals surface area contributed by atoms with Crippen LogP contribution in [0.1, 0.15) is 26.0 Å². The van der Waals surface area contributed by atoms with Crippen LogP contribution in [0.25, 0.3) is 0 Å². The normalized spacial score (nSPS) is 10.8. The van der Waals surface area contributed by atoms with Crippen molar-refractivity contribution < 1.29 is 5.11 Å². The summed E-state index contributed by atoms with van der Waals surface area (Å²) in [6.07, 6.45) is 1.93. The third kappa shape index (κ3) is 2.47. The lowest BCUT2D eigenvalue weighted by molar-refractivity contribution is 0.301. The molecule has 0 saturated carbocycles. The predicted molar refractivity (Wildman–Crippen MR) is 66.6 cm³/mol. The van der Waals surface area contributed by atoms with Crippen molar-refractivity contribution in [2.45, 2.75) is 26.7 Å². The molecule has 0 aliphatic heterocycles. The third-order valence-electron chi connectivity index (χ3n) is 2.67. The van der Waals surface area contributed by atoms with E-state index in [4.69, 9.17) is 10.8 Å². The molecular formula is C11H22N4O. The molecule has 0 amide bonds. The molecule has 1 rings (SSSR count). The maximum absolute atomic E-state index is 9.01. The minimum Gasteiger partial charge on any atom is -0.395 e. The van der Waals surface area contributed by atoms with Gasteiger partial charge in [-0.2, -0.15) is 5.10 Å². The Balaban J connectivity index is 3.01. The van der Waals surface area contributed by atoms with E-state index in [1.807, 2.05) is 18.9 Å². The zero-order valence-electron chi connectivity index (χ0n) is 10.4. The van der Waals surface area contributed by atoms with Crippen LogP contribution < -0.4 is 10.6 Å². The fourth-order valence-corrected chi connectivity index (χ4v) is 1.92. The Morgan fingerprint density at radius 3 is 2.62 bits per heavy atom. The number of likely N-dealkylation sites (N-methyl/N-ethyl adjacent to an activating group) is 1. The maximum Gasteiger partial charge on any atom is 0.150 e. The quantitative estimate of drug-likeness (QED) is 0.752. The lowest BCUT2D eigenvalue weighted by Gasteiger charge is -2.22. The Morgan fingerprint density at radius 2 is 2.12 bits per heavy atom. The summed E-state index contributed by atoms with van der Waals surface area (Å²) in [6.45, 7) is 5.68. The molecular weight excluding hydrogens is 204 g/mol. The van der Waals surface area contributed by atoms with Gasteiger partial charge in [-0.05, 0) is 13.3 Å². The maximum atomic E-state index is 9.01. The molecule has 0 fully saturated rings. The second kappa shape index (κ2) is 5.75. The zero-order chi connectivity index (χ0) is 12.1. The minimum atomic E-state index is 0.127. The number of hydrogen-bond donors (Lipinski definition) is 2. The van der Waals surface area contributed by atoms with Gasteiger partial charge in [-0.15, -0.1) is 0 Å². The van der Waals surface area contributed by atoms with E-state index < -0.39 is 0 Å². The summed E-state index contributed by atoms with van der Waals surface area (Å²) in [5.74, 6) is 0.917. The van der Waals surface area contributed by atoms with Crippen molar-refractivity contribution in [2.75, 3.05) is 30.3 Å². The van der Waals surface area contributed by atoms with Gasteiger partial charge in [-0.25, -0.2) is 0 Å². The molecule has 1 aromatic rings. The van der Waals surface area contributed by atoms with E-state index in [-0.39, 0.29) is 6.61 Å². The number of nitrogens with two attached hydrogens (primary N) is 1. The van der Waals surface area contributed by atoms with Gasteiger partial charge in [0, 0.05) is 20.1 Å². The Bertz CT molecular complexity index is 335. The van der Waals surface area contributed by atoms with Gasteiger partial charge in [0.25, 0.3) is 0 Å². The van der Waals surface area contributed by atoms with Gasteiger partial charge in [0.1, 0.15) is 5.82 Å². The molecule has 1 aromatic heterocycles. The average molecular weight is 226 g/mol. The highest BCUT2D eigenvalue weighted by atomic mass is 16.3. The lowest BCUT2D eigenvalue weighted by Crippen LogP contribution is -2.28. The molecule has 0 aromatic carbocycles. The molecule has 0 saturated heterocycles. The van der Waals surface area contributed by atoms with E-state index >= 15 is 0 Å². The summed E-state index contributed by atoms with van der Waals surface area (Å²) in [5, 5.41) is 13.4. The Hall–Kier alpha value is -1.23. The van der Waals surface area contributed by atoms with Crippen LogP contribution in [0.3, 0.4) is 0 Å². The molecule has 0 atom stereocenters. The first-order valence-electron chi connectivity index (χ1n) is 5.82. The van der Waals surface area contributed by atoms with Crippen LogP contribution in [0.5, 0.6) is 0 Å². The third-order valence-corrected chi connectivity index (χ3v) is 2.67. The Labute approximate surface area is 96.9 Å². The first kappa shape index (κ1) is 12.8. The molecule has 92 valence electrons. The van der Waals surface area contributed by atoms with Crippen molar-refractivity contribution in [3.05, 3.63) is 5.69 Å². The van der Waals surface area contributed by atoms with E-state index in [2.05, 4.69) is 12.0 Å². The molecule has 0 spiro atoms. The van der Waals surface area contributed by atoms with Gasteiger partial charge < -0.3 is 15.7 Å². The number of nitrogen functional groups attached to an aromatic ring is 1. The van der Waals surface area contributed by atoms with E-state index in [9.17, 15) is 0 Å². The first-order chi connectivity index (χ1) is 7.65. The smallest absolute Gasteiger partial charge is 0.150 e. The highest BCUT2D eigenvalue weighted by molar-refractivity contribution is 5.66. The van der Waals surface area contributed by atoms with Crippen molar-refractivity contribution in [3.8, 4) is 0 Å². The van der Waals surface area contributed by atoms with Gasteiger partial charge in [-0.3, -0.25) is 4.68 Å². The number of nitrogens with zero attached hydrogens (tertiary/aromatic N) is 3. The van der Waals surface area contributed by atoms with Crippen LogP contribution in [0.2, 0.25) is 0 Å². The summed E-state index contributed by atoms with van der Waals surface area (Å²) in [4.78, 5) is 2.04. The van der Waals surface area contributed by atoms with Crippen LogP contribution in [-0.2, 0) is 13.5 Å². The van der Waals surface area contributed by atoms with E-state index in [1.54, 1.807) is 4.68 Å². The van der Waals surface area contributed by atoms with Crippen molar-refractivity contribution in [3.63, 3.8) is 0 Å². The molecule has 5 nitrogen and oxygen atoms in total. The van der Waals surface area contributed by atoms with Crippen LogP contribution in [0.15, 0.2) is 0 Å². The number of rotatable bonds is 6. The highest BCUT2D eigenvalue weighted by Gasteiger charge is 2.17. The molecule has 16 heavy (non-hydrogen) atoms. The van der Waals surface area contributed by atoms with Gasteiger partial charge in [0.15, 0.2) is 0 Å². The Morgan fingerprint density at radius 1 is 1.44 bits per heavy atom. The van der Waals surface area contributed by atoms with Crippen molar-refractivity contribution >= 4 is 11.5 Å². The van der Waals surface area contributed by atoms with E-state index in [0.717, 1.165) is 36.6 Å². The van der Waals surface area contributed by atoms with E-state index in [0.29, 0.717) is 6.54 Å². The summed E-state index contributed by atoms with van der Waals surface area (Å²) in [5.41, 5.74) is 7.80. The number of anilines is 2. The average Bonchev–Trinajstić information content (AvgIpc) is 2.53. The van der Waals surface area contributed by atoms with Crippen molar-refractivity contribution in [1.82, 2.24) is 9.78 Å². The van der Waals surface area contributed by atoms with Gasteiger partial charge in [0.2, 0.25) is 0 Å². The monoisotopic (exact) mass is 226 g/mol. The van der Waals surface area contributed by atoms with Crippen LogP contribution in [0, 0.1) is 0 Å². The number of aromatic nitrogens is 2. The number of hydrogen-bond acceptors (Lipinski definition) is 4. The molecule has 1 heterocycles. The number of aryl methyl sites for hydroxylation is 2. The number of aliphatic hydroxyl groups is 1. The Kier molecular flexibility index (Phi) is 4.61. The molecule has 0 aliphatic carbocycles. The lowest BCUT2D eigenvalue weighted by atomic mass is 10.2. The standard InChI is InChI=1S/C11H22N4O/c1-4-6-9-10(12)11(14(3)13-9)15(5-2)7-8-16/h16H,4-8,12H2,1-3H3. The van der Waals surface area contributed by atoms with Crippen LogP contribution >= 0.6 is 0 Å². The van der Waals surface area contributed by atoms with Gasteiger partial charge in [0.05, 0.1) is 18.0 Å². The molecule has 0 unspecified atom stereocenters. The van der Waals surface area contributed by atoms with Crippen molar-refractivity contribution in [2.24, 2.45) is 7.05 Å². The molecule has 3 N–H and O–H groups in total. The molecule has 0 aliphatic rings. The molecule has 0 radical (unpaired) electrons. The summed E-state index contributed by atoms with van der Waals surface area (Å²) >= 11 is 0. The predicted octanol–water partition coefficient (Wildman–Crippen LogP) is 0.773. The second-order valence-corrected chi connectivity index (χ2v) is 3.86. The zero-order valence-corrected chi connectivity index (χ0v) is 10.4. The summed E-state index contributed by atoms with van der Waals surface area (Å²) in [7, 11) is 1.89. The summed E-state index contributed by atoms with van der Waals surface area (Å²) in [6, 6.07) is 0. The second-order valence-electron chi connectivity index (χ2n) is 3.86.